The van der Waals surface area contributed by atoms with Crippen molar-refractivity contribution in [2.75, 3.05) is 0 Å². The Morgan fingerprint density at radius 2 is 1.05 bits per heavy atom. The van der Waals surface area contributed by atoms with E-state index in [2.05, 4.69) is 64.2 Å². The molecule has 4 heteroatoms. The summed E-state index contributed by atoms with van der Waals surface area (Å²) in [6.07, 6.45) is 20.8. The second kappa shape index (κ2) is 18.0. The molecule has 0 N–H and O–H groups in total. The normalized spacial score (nSPS) is 17.4. The maximum absolute atomic E-state index is 3.03. The first kappa shape index (κ1) is 34.1. The van der Waals surface area contributed by atoms with E-state index < -0.39 is 0 Å². The molecule has 0 spiro atoms. The molecule has 0 bridgehead atoms. The van der Waals surface area contributed by atoms with Gasteiger partial charge in [-0.05, 0) is 0 Å². The van der Waals surface area contributed by atoms with Gasteiger partial charge in [-0.3, -0.25) is 12.2 Å². The van der Waals surface area contributed by atoms with Crippen LogP contribution in [0.4, 0.5) is 0 Å². The number of hydrogen-bond acceptors (Lipinski definition) is 0. The molecule has 22 heavy (non-hydrogen) atoms. The summed E-state index contributed by atoms with van der Waals surface area (Å²) in [5, 5.41) is 0. The molecule has 2 aliphatic rings. The predicted molar refractivity (Wildman–Crippen MR) is 107 cm³/mol. The van der Waals surface area contributed by atoms with Crippen LogP contribution in [0.3, 0.4) is 0 Å². The second-order valence-corrected chi connectivity index (χ2v) is 5.79. The van der Waals surface area contributed by atoms with Crippen LogP contribution in [0.25, 0.3) is 0 Å². The third-order valence-corrected chi connectivity index (χ3v) is 2.75. The van der Waals surface area contributed by atoms with Crippen LogP contribution in [-0.2, 0) is 23.3 Å². The van der Waals surface area contributed by atoms with Crippen LogP contribution in [0.5, 0.6) is 0 Å². The average Bonchev–Trinajstić information content (AvgIpc) is 2.32. The Balaban J connectivity index is -0.0000000676. The zero-order valence-corrected chi connectivity index (χ0v) is 20.4. The van der Waals surface area contributed by atoms with Crippen molar-refractivity contribution in [3.05, 3.63) is 63.5 Å². The van der Waals surface area contributed by atoms with E-state index in [0.717, 1.165) is 12.8 Å². The molecule has 0 aromatic rings. The van der Waals surface area contributed by atoms with Crippen LogP contribution >= 0.6 is 24.8 Å². The van der Waals surface area contributed by atoms with Crippen molar-refractivity contribution in [1.82, 2.24) is 0 Å². The van der Waals surface area contributed by atoms with E-state index in [9.17, 15) is 0 Å². The van der Waals surface area contributed by atoms with Crippen LogP contribution in [-0.4, -0.2) is 6.88 Å². The Bertz CT molecular complexity index is 322. The number of rotatable bonds is 0. The number of allylic oxidation sites excluding steroid dienone is 8. The van der Waals surface area contributed by atoms with Gasteiger partial charge in [0.15, 0.2) is 0 Å². The third-order valence-electron chi connectivity index (χ3n) is 2.75. The summed E-state index contributed by atoms with van der Waals surface area (Å²) in [7, 11) is 0. The minimum absolute atomic E-state index is 0. The molecule has 0 aliphatic heterocycles. The molecule has 0 fully saturated rings. The van der Waals surface area contributed by atoms with E-state index in [1.54, 1.807) is 23.3 Å². The van der Waals surface area contributed by atoms with Gasteiger partial charge in [0, 0.05) is 0 Å². The van der Waals surface area contributed by atoms with Gasteiger partial charge >= 0.3 is 30.2 Å². The van der Waals surface area contributed by atoms with Gasteiger partial charge in [-0.25, -0.2) is 24.3 Å². The fourth-order valence-electron chi connectivity index (χ4n) is 1.46. The minimum atomic E-state index is 0. The van der Waals surface area contributed by atoms with Crippen molar-refractivity contribution in [2.24, 2.45) is 10.8 Å². The fourth-order valence-corrected chi connectivity index (χ4v) is 1.46. The molecule has 0 aromatic heterocycles. The topological polar surface area (TPSA) is 0 Å². The van der Waals surface area contributed by atoms with Crippen molar-refractivity contribution < 1.29 is 23.3 Å². The van der Waals surface area contributed by atoms with E-state index in [-0.39, 0.29) is 39.7 Å². The van der Waals surface area contributed by atoms with Crippen molar-refractivity contribution in [3.8, 4) is 0 Å². The van der Waals surface area contributed by atoms with E-state index >= 15 is 0 Å². The molecule has 0 nitrogen and oxygen atoms in total. The Labute approximate surface area is 169 Å². The zero-order valence-electron chi connectivity index (χ0n) is 14.9. The summed E-state index contributed by atoms with van der Waals surface area (Å²) in [5.41, 5.74) is 0.760. The summed E-state index contributed by atoms with van der Waals surface area (Å²) < 4.78 is 0. The standard InChI is InChI=1S/2C8H11.2CH3.2ClH.H2Si.Zr/c2*1-8(2)6-4-3-5-7-8;;;;;;/h2*4-6H,7H2,1-2H3;2*1H3;2*1H;1H2;/q4*-1;;;;. The molecular formula is C18H32Cl2SiZr-4. The molecular weight excluding hydrogens is 406 g/mol. The van der Waals surface area contributed by atoms with Gasteiger partial charge in [-0.1, -0.05) is 51.4 Å². The molecule has 0 radical (unpaired) electrons. The molecule has 0 saturated heterocycles. The Hall–Kier alpha value is 0.640. The maximum atomic E-state index is 3.03. The van der Waals surface area contributed by atoms with E-state index in [1.165, 1.54) is 0 Å². The van der Waals surface area contributed by atoms with Crippen LogP contribution in [0.2, 0.25) is 0 Å². The van der Waals surface area contributed by atoms with Crippen molar-refractivity contribution >= 4 is 31.7 Å². The van der Waals surface area contributed by atoms with Crippen molar-refractivity contribution in [2.45, 2.75) is 40.5 Å². The van der Waals surface area contributed by atoms with Gasteiger partial charge in [0.2, 0.25) is 0 Å². The van der Waals surface area contributed by atoms with Gasteiger partial charge in [0.25, 0.3) is 0 Å². The zero-order chi connectivity index (χ0) is 14.1. The molecule has 2 rings (SSSR count). The summed E-state index contributed by atoms with van der Waals surface area (Å²) in [6.45, 7) is 10.8. The van der Waals surface area contributed by atoms with Gasteiger partial charge in [-0.15, -0.1) is 24.8 Å². The van der Waals surface area contributed by atoms with Crippen LogP contribution in [0.15, 0.2) is 36.5 Å². The molecule has 0 aromatic carbocycles. The predicted octanol–water partition coefficient (Wildman–Crippen LogP) is 5.49. The summed E-state index contributed by atoms with van der Waals surface area (Å²) in [4.78, 5) is 0. The average molecular weight is 439 g/mol. The Morgan fingerprint density at radius 1 is 0.773 bits per heavy atom. The van der Waals surface area contributed by atoms with E-state index in [4.69, 9.17) is 0 Å². The second-order valence-electron chi connectivity index (χ2n) is 5.79. The van der Waals surface area contributed by atoms with Crippen LogP contribution < -0.4 is 0 Å². The fraction of sp³-hybridized carbons (Fsp3) is 0.444. The van der Waals surface area contributed by atoms with Crippen LogP contribution in [0.1, 0.15) is 40.5 Å². The molecule has 0 atom stereocenters. The molecule has 0 amide bonds. The Kier molecular flexibility index (Phi) is 27.9. The summed E-state index contributed by atoms with van der Waals surface area (Å²) >= 11 is 1.58. The van der Waals surface area contributed by atoms with Gasteiger partial charge < -0.3 is 14.9 Å². The van der Waals surface area contributed by atoms with Crippen molar-refractivity contribution in [3.63, 3.8) is 0 Å². The van der Waals surface area contributed by atoms with E-state index in [0.29, 0.717) is 10.8 Å². The third kappa shape index (κ3) is 18.7. The summed E-state index contributed by atoms with van der Waals surface area (Å²) in [5.74, 6) is 0. The van der Waals surface area contributed by atoms with Gasteiger partial charge in [0.1, 0.15) is 0 Å². The van der Waals surface area contributed by atoms with E-state index in [1.807, 2.05) is 19.0 Å². The SMILES string of the molecule is CC1(C)C=C[C-]=CC1.CC1(C)C=C[C-]=CC1.Cl.Cl.[CH3-].[CH3-].[SiH2]=[Zr]. The summed E-state index contributed by atoms with van der Waals surface area (Å²) in [6, 6.07) is 0. The first-order chi connectivity index (χ1) is 8.41. The van der Waals surface area contributed by atoms with Gasteiger partial charge in [-0.2, -0.15) is 12.2 Å². The molecule has 0 heterocycles. The molecule has 0 unspecified atom stereocenters. The first-order valence-corrected chi connectivity index (χ1v) is 12.2. The molecule has 0 saturated carbocycles. The Morgan fingerprint density at radius 3 is 1.14 bits per heavy atom. The van der Waals surface area contributed by atoms with Gasteiger partial charge in [0.05, 0.1) is 0 Å². The first-order valence-electron chi connectivity index (χ1n) is 6.28. The monoisotopic (exact) mass is 436 g/mol. The van der Waals surface area contributed by atoms with Crippen molar-refractivity contribution in [1.29, 1.82) is 0 Å². The number of halogens is 2. The number of hydrogen-bond donors (Lipinski definition) is 0. The molecule has 2 aliphatic carbocycles. The van der Waals surface area contributed by atoms with Crippen LogP contribution in [0, 0.1) is 37.8 Å². The quantitative estimate of drug-likeness (QED) is 0.347. The molecule has 130 valence electrons.